The van der Waals surface area contributed by atoms with Gasteiger partial charge in [-0.3, -0.25) is 18.7 Å². The van der Waals surface area contributed by atoms with Gasteiger partial charge in [-0.2, -0.15) is 0 Å². The number of hydrogen-bond donors (Lipinski definition) is 0. The van der Waals surface area contributed by atoms with Gasteiger partial charge in [0.25, 0.3) is 5.56 Å². The maximum Gasteiger partial charge on any atom is 0.316 e. The molecule has 2 heterocycles. The molecule has 0 saturated heterocycles. The number of esters is 1. The van der Waals surface area contributed by atoms with E-state index in [9.17, 15) is 9.59 Å². The average Bonchev–Trinajstić information content (AvgIpc) is 3.10. The number of para-hydroxylation sites is 1. The van der Waals surface area contributed by atoms with Gasteiger partial charge in [0.05, 0.1) is 23.7 Å². The van der Waals surface area contributed by atoms with E-state index in [1.165, 1.54) is 23.1 Å². The molecule has 6 nitrogen and oxygen atoms in total. The second-order valence-corrected chi connectivity index (χ2v) is 9.69. The maximum atomic E-state index is 13.6. The Hall–Kier alpha value is -2.75. The van der Waals surface area contributed by atoms with E-state index in [1.807, 2.05) is 66.9 Å². The Morgan fingerprint density at radius 1 is 1.12 bits per heavy atom. The van der Waals surface area contributed by atoms with Crippen LogP contribution in [-0.2, 0) is 9.53 Å². The highest BCUT2D eigenvalue weighted by Crippen LogP contribution is 2.28. The van der Waals surface area contributed by atoms with Gasteiger partial charge in [0.15, 0.2) is 14.8 Å². The first kappa shape index (κ1) is 22.4. The lowest BCUT2D eigenvalue weighted by molar-refractivity contribution is -0.139. The van der Waals surface area contributed by atoms with E-state index in [0.29, 0.717) is 31.8 Å². The molecule has 0 radical (unpaired) electrons. The number of carbonyl (C=O) groups is 1. The Balaban J connectivity index is 1.97. The van der Waals surface area contributed by atoms with Crippen LogP contribution in [-0.4, -0.2) is 32.4 Å². The molecule has 0 unspecified atom stereocenters. The summed E-state index contributed by atoms with van der Waals surface area (Å²) in [6.07, 6.45) is 0. The monoisotopic (exact) mass is 483 g/mol. The van der Waals surface area contributed by atoms with Crippen LogP contribution in [0.1, 0.15) is 18.1 Å². The van der Waals surface area contributed by atoms with E-state index in [2.05, 4.69) is 0 Å². The van der Waals surface area contributed by atoms with Crippen LogP contribution >= 0.6 is 35.3 Å². The van der Waals surface area contributed by atoms with Gasteiger partial charge >= 0.3 is 5.97 Å². The summed E-state index contributed by atoms with van der Waals surface area (Å²) in [6.45, 7) is 6.03. The highest BCUT2D eigenvalue weighted by Gasteiger charge is 2.20. The largest absolute Gasteiger partial charge is 0.465 e. The number of ether oxygens (including phenoxy) is 1. The van der Waals surface area contributed by atoms with Crippen molar-refractivity contribution < 1.29 is 9.53 Å². The van der Waals surface area contributed by atoms with Crippen molar-refractivity contribution in [2.24, 2.45) is 0 Å². The first-order valence-corrected chi connectivity index (χ1v) is 12.2. The summed E-state index contributed by atoms with van der Waals surface area (Å²) in [7, 11) is 0. The van der Waals surface area contributed by atoms with E-state index in [1.54, 1.807) is 11.5 Å². The molecule has 0 spiro atoms. The smallest absolute Gasteiger partial charge is 0.316 e. The summed E-state index contributed by atoms with van der Waals surface area (Å²) in [5.41, 5.74) is 3.95. The third kappa shape index (κ3) is 4.28. The van der Waals surface area contributed by atoms with Gasteiger partial charge in [-0.25, -0.2) is 4.98 Å². The molecule has 0 amide bonds. The highest BCUT2D eigenvalue weighted by molar-refractivity contribution is 7.99. The molecule has 0 aliphatic heterocycles. The Kier molecular flexibility index (Phi) is 6.59. The van der Waals surface area contributed by atoms with Crippen molar-refractivity contribution in [2.75, 3.05) is 12.4 Å². The Morgan fingerprint density at radius 2 is 1.84 bits per heavy atom. The molecule has 2 aromatic carbocycles. The number of aromatic nitrogens is 3. The SMILES string of the molecule is CCOC(=O)CSc1nc2c(sc(=S)n2-c2ccccc2C)c(=O)n1-c1ccc(C)cc1. The zero-order valence-corrected chi connectivity index (χ0v) is 20.3. The average molecular weight is 484 g/mol. The lowest BCUT2D eigenvalue weighted by Crippen LogP contribution is -2.22. The van der Waals surface area contributed by atoms with Gasteiger partial charge < -0.3 is 4.74 Å². The van der Waals surface area contributed by atoms with Crippen molar-refractivity contribution in [3.63, 3.8) is 0 Å². The van der Waals surface area contributed by atoms with Crippen LogP contribution in [0.2, 0.25) is 0 Å². The molecule has 2 aromatic heterocycles. The normalized spacial score (nSPS) is 11.1. The molecule has 0 aliphatic rings. The second kappa shape index (κ2) is 9.40. The molecule has 0 fully saturated rings. The minimum atomic E-state index is -0.358. The highest BCUT2D eigenvalue weighted by atomic mass is 32.2. The maximum absolute atomic E-state index is 13.6. The predicted molar refractivity (Wildman–Crippen MR) is 132 cm³/mol. The van der Waals surface area contributed by atoms with Gasteiger partial charge in [0.2, 0.25) is 0 Å². The van der Waals surface area contributed by atoms with Crippen molar-refractivity contribution in [3.05, 3.63) is 74.0 Å². The van der Waals surface area contributed by atoms with Gasteiger partial charge in [-0.05, 0) is 56.8 Å². The molecule has 164 valence electrons. The Morgan fingerprint density at radius 3 is 2.53 bits per heavy atom. The number of fused-ring (bicyclic) bond motifs is 1. The zero-order valence-electron chi connectivity index (χ0n) is 17.8. The number of thioether (sulfide) groups is 1. The summed E-state index contributed by atoms with van der Waals surface area (Å²) >= 11 is 8.05. The van der Waals surface area contributed by atoms with Crippen LogP contribution in [0.15, 0.2) is 58.5 Å². The lowest BCUT2D eigenvalue weighted by Gasteiger charge is -2.13. The number of aryl methyl sites for hydroxylation is 2. The van der Waals surface area contributed by atoms with E-state index >= 15 is 0 Å². The zero-order chi connectivity index (χ0) is 22.8. The first-order valence-electron chi connectivity index (χ1n) is 10.0. The van der Waals surface area contributed by atoms with Gasteiger partial charge in [0.1, 0.15) is 4.70 Å². The van der Waals surface area contributed by atoms with Crippen LogP contribution < -0.4 is 5.56 Å². The van der Waals surface area contributed by atoms with Crippen LogP contribution in [0, 0.1) is 17.8 Å². The van der Waals surface area contributed by atoms with Crippen molar-refractivity contribution in [1.82, 2.24) is 14.1 Å². The standard InChI is InChI=1S/C23H21N3O3S3/c1-4-29-18(27)13-31-22-24-20-19(21(28)25(22)16-11-9-14(2)10-12-16)32-23(30)26(20)17-8-6-5-7-15(17)3/h5-12H,4,13H2,1-3H3. The summed E-state index contributed by atoms with van der Waals surface area (Å²) in [6, 6.07) is 15.4. The lowest BCUT2D eigenvalue weighted by atomic mass is 10.2. The number of nitrogens with zero attached hydrogens (tertiary/aromatic N) is 3. The summed E-state index contributed by atoms with van der Waals surface area (Å²) in [5.74, 6) is -0.310. The van der Waals surface area contributed by atoms with E-state index in [4.69, 9.17) is 21.9 Å². The van der Waals surface area contributed by atoms with Crippen molar-refractivity contribution >= 4 is 51.6 Å². The molecular formula is C23H21N3O3S3. The predicted octanol–water partition coefficient (Wildman–Crippen LogP) is 5.24. The Labute approximate surface area is 198 Å². The van der Waals surface area contributed by atoms with Gasteiger partial charge in [0, 0.05) is 0 Å². The Bertz CT molecular complexity index is 1420. The van der Waals surface area contributed by atoms with E-state index in [-0.39, 0.29) is 17.3 Å². The quantitative estimate of drug-likeness (QED) is 0.162. The van der Waals surface area contributed by atoms with Crippen molar-refractivity contribution in [2.45, 2.75) is 25.9 Å². The van der Waals surface area contributed by atoms with Crippen LogP contribution in [0.3, 0.4) is 0 Å². The summed E-state index contributed by atoms with van der Waals surface area (Å²) in [5, 5.41) is 0.412. The van der Waals surface area contributed by atoms with Crippen LogP contribution in [0.5, 0.6) is 0 Å². The van der Waals surface area contributed by atoms with Crippen LogP contribution in [0.4, 0.5) is 0 Å². The minimum Gasteiger partial charge on any atom is -0.465 e. The van der Waals surface area contributed by atoms with Crippen molar-refractivity contribution in [3.8, 4) is 11.4 Å². The molecule has 4 aromatic rings. The number of benzene rings is 2. The van der Waals surface area contributed by atoms with Crippen LogP contribution in [0.25, 0.3) is 21.7 Å². The molecule has 32 heavy (non-hydrogen) atoms. The molecular weight excluding hydrogens is 462 g/mol. The van der Waals surface area contributed by atoms with Gasteiger partial charge in [-0.1, -0.05) is 59.0 Å². The molecule has 0 aliphatic carbocycles. The molecule has 0 N–H and O–H groups in total. The fraction of sp³-hybridized carbons (Fsp3) is 0.217. The fourth-order valence-corrected chi connectivity index (χ4v) is 5.40. The number of thiazole rings is 1. The molecule has 0 atom stereocenters. The second-order valence-electron chi connectivity index (χ2n) is 7.11. The number of rotatable bonds is 6. The topological polar surface area (TPSA) is 66.1 Å². The van der Waals surface area contributed by atoms with Gasteiger partial charge in [-0.15, -0.1) is 0 Å². The first-order chi connectivity index (χ1) is 15.4. The fourth-order valence-electron chi connectivity index (χ4n) is 3.31. The van der Waals surface area contributed by atoms with E-state index < -0.39 is 0 Å². The summed E-state index contributed by atoms with van der Waals surface area (Å²) in [4.78, 5) is 30.5. The molecule has 0 saturated carbocycles. The van der Waals surface area contributed by atoms with E-state index in [0.717, 1.165) is 16.8 Å². The molecule has 9 heteroatoms. The third-order valence-electron chi connectivity index (χ3n) is 4.85. The number of carbonyl (C=O) groups excluding carboxylic acids is 1. The molecule has 0 bridgehead atoms. The number of hydrogen-bond acceptors (Lipinski definition) is 7. The third-order valence-corrected chi connectivity index (χ3v) is 7.11. The van der Waals surface area contributed by atoms with Crippen molar-refractivity contribution in [1.29, 1.82) is 0 Å². The molecule has 4 rings (SSSR count). The summed E-state index contributed by atoms with van der Waals surface area (Å²) < 4.78 is 9.45. The minimum absolute atomic E-state index is 0.0485.